The maximum absolute atomic E-state index is 12.2. The minimum absolute atomic E-state index is 0.324. The number of anilines is 3. The van der Waals surface area contributed by atoms with E-state index in [9.17, 15) is 4.79 Å². The molecule has 2 aliphatic heterocycles. The zero-order chi connectivity index (χ0) is 17.8. The second kappa shape index (κ2) is 7.51. The van der Waals surface area contributed by atoms with E-state index >= 15 is 0 Å². The highest BCUT2D eigenvalue weighted by Gasteiger charge is 2.14. The number of amides is 2. The van der Waals surface area contributed by atoms with Gasteiger partial charge in [0.2, 0.25) is 0 Å². The summed E-state index contributed by atoms with van der Waals surface area (Å²) in [5, 5.41) is 5.60. The van der Waals surface area contributed by atoms with E-state index in [1.54, 1.807) is 18.3 Å². The van der Waals surface area contributed by atoms with E-state index in [-0.39, 0.29) is 6.03 Å². The summed E-state index contributed by atoms with van der Waals surface area (Å²) < 4.78 is 11.2. The highest BCUT2D eigenvalue weighted by atomic mass is 16.5. The first-order valence-corrected chi connectivity index (χ1v) is 8.96. The molecule has 1 saturated heterocycles. The van der Waals surface area contributed by atoms with Gasteiger partial charge in [-0.1, -0.05) is 0 Å². The molecule has 26 heavy (non-hydrogen) atoms. The lowest BCUT2D eigenvalue weighted by atomic mass is 10.3. The van der Waals surface area contributed by atoms with Crippen LogP contribution in [0, 0.1) is 0 Å². The van der Waals surface area contributed by atoms with Gasteiger partial charge in [-0.05, 0) is 37.1 Å². The lowest BCUT2D eigenvalue weighted by Gasteiger charge is -2.16. The van der Waals surface area contributed by atoms with Crippen LogP contribution in [0.25, 0.3) is 0 Å². The van der Waals surface area contributed by atoms with Gasteiger partial charge in [0.15, 0.2) is 11.5 Å². The van der Waals surface area contributed by atoms with Crippen LogP contribution in [0.2, 0.25) is 0 Å². The molecule has 4 rings (SSSR count). The van der Waals surface area contributed by atoms with Gasteiger partial charge < -0.3 is 25.0 Å². The minimum Gasteiger partial charge on any atom is -0.490 e. The summed E-state index contributed by atoms with van der Waals surface area (Å²) in [7, 11) is 0. The summed E-state index contributed by atoms with van der Waals surface area (Å²) in [6.45, 7) is 3.34. The molecule has 0 aliphatic carbocycles. The third kappa shape index (κ3) is 3.82. The summed E-state index contributed by atoms with van der Waals surface area (Å²) in [5.74, 6) is 2.31. The van der Waals surface area contributed by atoms with Crippen LogP contribution in [0.3, 0.4) is 0 Å². The number of fused-ring (bicyclic) bond motifs is 1. The molecule has 136 valence electrons. The van der Waals surface area contributed by atoms with E-state index in [1.165, 1.54) is 12.8 Å². The fourth-order valence-corrected chi connectivity index (χ4v) is 3.13. The zero-order valence-electron chi connectivity index (χ0n) is 14.5. The summed E-state index contributed by atoms with van der Waals surface area (Å²) in [6, 6.07) is 8.86. The molecule has 1 aromatic heterocycles. The van der Waals surface area contributed by atoms with E-state index in [1.807, 2.05) is 18.2 Å². The Balaban J connectivity index is 1.37. The van der Waals surface area contributed by atoms with Crippen molar-refractivity contribution in [2.75, 3.05) is 41.8 Å². The molecule has 2 aromatic rings. The van der Waals surface area contributed by atoms with Crippen molar-refractivity contribution in [3.8, 4) is 11.5 Å². The predicted octanol–water partition coefficient (Wildman–Crippen LogP) is 3.49. The van der Waals surface area contributed by atoms with E-state index in [0.717, 1.165) is 25.3 Å². The third-order valence-corrected chi connectivity index (χ3v) is 4.44. The van der Waals surface area contributed by atoms with E-state index in [0.29, 0.717) is 36.1 Å². The Morgan fingerprint density at radius 2 is 1.65 bits per heavy atom. The minimum atomic E-state index is -0.324. The fraction of sp³-hybridized carbons (Fsp3) is 0.368. The molecular weight excluding hydrogens is 332 g/mol. The van der Waals surface area contributed by atoms with Crippen molar-refractivity contribution in [1.29, 1.82) is 0 Å². The molecule has 7 nitrogen and oxygen atoms in total. The van der Waals surface area contributed by atoms with Crippen molar-refractivity contribution in [3.63, 3.8) is 0 Å². The average molecular weight is 354 g/mol. The van der Waals surface area contributed by atoms with Gasteiger partial charge in [-0.2, -0.15) is 0 Å². The number of carbonyl (C=O) groups excluding carboxylic acids is 1. The van der Waals surface area contributed by atoms with Gasteiger partial charge in [0.05, 0.1) is 25.1 Å². The molecule has 0 saturated carbocycles. The van der Waals surface area contributed by atoms with Gasteiger partial charge in [0, 0.05) is 31.3 Å². The maximum Gasteiger partial charge on any atom is 0.323 e. The first kappa shape index (κ1) is 16.5. The Bertz CT molecular complexity index is 773. The van der Waals surface area contributed by atoms with Crippen LogP contribution in [-0.2, 0) is 0 Å². The number of hydrogen-bond donors (Lipinski definition) is 2. The molecule has 7 heteroatoms. The van der Waals surface area contributed by atoms with Gasteiger partial charge in [-0.15, -0.1) is 0 Å². The second-order valence-corrected chi connectivity index (χ2v) is 6.39. The smallest absolute Gasteiger partial charge is 0.323 e. The normalized spacial score (nSPS) is 16.1. The molecular formula is C19H22N4O3. The topological polar surface area (TPSA) is 75.7 Å². The van der Waals surface area contributed by atoms with Crippen molar-refractivity contribution in [1.82, 2.24) is 4.98 Å². The maximum atomic E-state index is 12.2. The van der Waals surface area contributed by atoms with Crippen LogP contribution in [0.1, 0.15) is 19.3 Å². The molecule has 0 spiro atoms. The van der Waals surface area contributed by atoms with Gasteiger partial charge in [-0.25, -0.2) is 9.78 Å². The number of carbonyl (C=O) groups is 1. The standard InChI is InChI=1S/C19H22N4O3/c24-19(21-14-4-6-16-17(12-14)26-11-3-10-25-16)22-15-5-7-18(20-13-15)23-8-1-2-9-23/h4-7,12-13H,1-3,8-11H2,(H2,21,22,24). The first-order chi connectivity index (χ1) is 12.8. The molecule has 2 N–H and O–H groups in total. The van der Waals surface area contributed by atoms with E-state index in [4.69, 9.17) is 9.47 Å². The summed E-state index contributed by atoms with van der Waals surface area (Å²) in [5.41, 5.74) is 1.30. The predicted molar refractivity (Wildman–Crippen MR) is 100 cm³/mol. The number of rotatable bonds is 3. The van der Waals surface area contributed by atoms with Crippen molar-refractivity contribution >= 4 is 23.2 Å². The highest BCUT2D eigenvalue weighted by Crippen LogP contribution is 2.32. The second-order valence-electron chi connectivity index (χ2n) is 6.39. The summed E-state index contributed by atoms with van der Waals surface area (Å²) >= 11 is 0. The fourth-order valence-electron chi connectivity index (χ4n) is 3.13. The van der Waals surface area contributed by atoms with E-state index in [2.05, 4.69) is 20.5 Å². The summed E-state index contributed by atoms with van der Waals surface area (Å²) in [4.78, 5) is 18.9. The molecule has 1 aromatic carbocycles. The summed E-state index contributed by atoms with van der Waals surface area (Å²) in [6.07, 6.45) is 4.94. The number of urea groups is 1. The average Bonchev–Trinajstić information content (AvgIpc) is 3.08. The Kier molecular flexibility index (Phi) is 4.77. The number of aromatic nitrogens is 1. The molecule has 0 unspecified atom stereocenters. The number of pyridine rings is 1. The lowest BCUT2D eigenvalue weighted by molar-refractivity contribution is 0.262. The molecule has 2 amide bonds. The van der Waals surface area contributed by atoms with E-state index < -0.39 is 0 Å². The van der Waals surface area contributed by atoms with Crippen molar-refractivity contribution in [2.45, 2.75) is 19.3 Å². The van der Waals surface area contributed by atoms with Crippen LogP contribution in [-0.4, -0.2) is 37.3 Å². The number of benzene rings is 1. The van der Waals surface area contributed by atoms with Gasteiger partial charge in [0.1, 0.15) is 5.82 Å². The van der Waals surface area contributed by atoms with Crippen molar-refractivity contribution in [3.05, 3.63) is 36.5 Å². The largest absolute Gasteiger partial charge is 0.490 e. The zero-order valence-corrected chi connectivity index (χ0v) is 14.5. The molecule has 3 heterocycles. The van der Waals surface area contributed by atoms with Crippen molar-refractivity contribution < 1.29 is 14.3 Å². The Morgan fingerprint density at radius 1 is 0.923 bits per heavy atom. The number of ether oxygens (including phenoxy) is 2. The highest BCUT2D eigenvalue weighted by molar-refractivity contribution is 5.99. The first-order valence-electron chi connectivity index (χ1n) is 8.96. The Morgan fingerprint density at radius 3 is 2.42 bits per heavy atom. The molecule has 2 aliphatic rings. The molecule has 0 radical (unpaired) electrons. The molecule has 0 bridgehead atoms. The van der Waals surface area contributed by atoms with Crippen LogP contribution < -0.4 is 25.0 Å². The molecule has 1 fully saturated rings. The van der Waals surface area contributed by atoms with Crippen molar-refractivity contribution in [2.24, 2.45) is 0 Å². The number of nitrogens with one attached hydrogen (secondary N) is 2. The van der Waals surface area contributed by atoms with Crippen LogP contribution in [0.4, 0.5) is 22.0 Å². The van der Waals surface area contributed by atoms with Crippen LogP contribution in [0.5, 0.6) is 11.5 Å². The van der Waals surface area contributed by atoms with Crippen LogP contribution >= 0.6 is 0 Å². The lowest BCUT2D eigenvalue weighted by Crippen LogP contribution is -2.21. The number of hydrogen-bond acceptors (Lipinski definition) is 5. The monoisotopic (exact) mass is 354 g/mol. The van der Waals surface area contributed by atoms with Gasteiger partial charge >= 0.3 is 6.03 Å². The number of nitrogens with zero attached hydrogens (tertiary/aromatic N) is 2. The SMILES string of the molecule is O=C(Nc1ccc(N2CCCC2)nc1)Nc1ccc2c(c1)OCCCO2. The Hall–Kier alpha value is -2.96. The Labute approximate surface area is 152 Å². The van der Waals surface area contributed by atoms with Gasteiger partial charge in [0.25, 0.3) is 0 Å². The van der Waals surface area contributed by atoms with Crippen LogP contribution in [0.15, 0.2) is 36.5 Å². The quantitative estimate of drug-likeness (QED) is 0.882. The molecule has 0 atom stereocenters. The van der Waals surface area contributed by atoms with Gasteiger partial charge in [-0.3, -0.25) is 0 Å². The third-order valence-electron chi connectivity index (χ3n) is 4.44.